The van der Waals surface area contributed by atoms with Crippen LogP contribution in [0.15, 0.2) is 24.3 Å². The lowest BCUT2D eigenvalue weighted by Gasteiger charge is -2.28. The van der Waals surface area contributed by atoms with Crippen molar-refractivity contribution in [1.82, 2.24) is 0 Å². The molecular formula is C16H34O4Si2. The van der Waals surface area contributed by atoms with Gasteiger partial charge < -0.3 is 17.7 Å². The Labute approximate surface area is 139 Å². The second-order valence-corrected chi connectivity index (χ2v) is 12.5. The summed E-state index contributed by atoms with van der Waals surface area (Å²) in [5.74, 6) is 0. The fourth-order valence-electron chi connectivity index (χ4n) is 2.50. The van der Waals surface area contributed by atoms with E-state index in [1.54, 1.807) is 28.4 Å². The van der Waals surface area contributed by atoms with E-state index in [4.69, 9.17) is 17.7 Å². The Balaban J connectivity index is 4.46. The minimum absolute atomic E-state index is 0.909. The van der Waals surface area contributed by atoms with E-state index in [0.29, 0.717) is 0 Å². The van der Waals surface area contributed by atoms with E-state index in [0.717, 1.165) is 37.0 Å². The lowest BCUT2D eigenvalue weighted by Crippen LogP contribution is -2.40. The van der Waals surface area contributed by atoms with Crippen molar-refractivity contribution in [3.05, 3.63) is 24.3 Å². The molecule has 0 fully saturated rings. The molecule has 0 radical (unpaired) electrons. The molecule has 0 aliphatic rings. The van der Waals surface area contributed by atoms with Crippen LogP contribution in [0.4, 0.5) is 0 Å². The minimum atomic E-state index is -2.07. The van der Waals surface area contributed by atoms with Gasteiger partial charge in [0.05, 0.1) is 0 Å². The first-order chi connectivity index (χ1) is 10.6. The molecule has 0 N–H and O–H groups in total. The molecule has 0 amide bonds. The summed E-state index contributed by atoms with van der Waals surface area (Å²) in [5.41, 5.74) is 0. The van der Waals surface area contributed by atoms with Crippen LogP contribution in [-0.2, 0) is 17.7 Å². The second-order valence-electron chi connectivity index (χ2n) is 5.39. The molecular weight excluding hydrogens is 312 g/mol. The first-order valence-corrected chi connectivity index (χ1v) is 12.5. The molecule has 0 aliphatic heterocycles. The summed E-state index contributed by atoms with van der Waals surface area (Å²) in [6.07, 6.45) is 10.6. The van der Waals surface area contributed by atoms with Gasteiger partial charge in [-0.3, -0.25) is 0 Å². The van der Waals surface area contributed by atoms with Crippen molar-refractivity contribution < 1.29 is 17.7 Å². The van der Waals surface area contributed by atoms with Crippen LogP contribution in [0.25, 0.3) is 0 Å². The van der Waals surface area contributed by atoms with Crippen molar-refractivity contribution in [2.24, 2.45) is 0 Å². The highest BCUT2D eigenvalue weighted by atomic mass is 28.4. The van der Waals surface area contributed by atoms with Crippen LogP contribution in [0.2, 0.25) is 24.2 Å². The molecule has 4 nitrogen and oxygen atoms in total. The number of allylic oxidation sites excluding steroid dienone is 4. The van der Waals surface area contributed by atoms with E-state index in [-0.39, 0.29) is 0 Å². The summed E-state index contributed by atoms with van der Waals surface area (Å²) in [4.78, 5) is 0. The van der Waals surface area contributed by atoms with Crippen molar-refractivity contribution in [3.8, 4) is 0 Å². The third-order valence-corrected chi connectivity index (χ3v) is 11.1. The number of hydrogen-bond donors (Lipinski definition) is 0. The van der Waals surface area contributed by atoms with Crippen LogP contribution in [0.5, 0.6) is 0 Å². The lowest BCUT2D eigenvalue weighted by molar-refractivity contribution is 0.238. The SMILES string of the molecule is CC=CC[Si](CCCC[Si](CC=CC)(OC)OC)(OC)OC. The molecule has 0 saturated carbocycles. The summed E-state index contributed by atoms with van der Waals surface area (Å²) in [6.45, 7) is 4.06. The van der Waals surface area contributed by atoms with Gasteiger partial charge in [0.1, 0.15) is 0 Å². The average Bonchev–Trinajstić information content (AvgIpc) is 2.58. The third kappa shape index (κ3) is 7.35. The first-order valence-electron chi connectivity index (χ1n) is 8.00. The van der Waals surface area contributed by atoms with Gasteiger partial charge in [-0.15, -0.1) is 0 Å². The van der Waals surface area contributed by atoms with Gasteiger partial charge in [0, 0.05) is 40.5 Å². The van der Waals surface area contributed by atoms with Gasteiger partial charge in [-0.05, 0) is 25.9 Å². The fraction of sp³-hybridized carbons (Fsp3) is 0.750. The highest BCUT2D eigenvalue weighted by Crippen LogP contribution is 2.26. The molecule has 0 bridgehead atoms. The molecule has 0 heterocycles. The maximum atomic E-state index is 5.74. The topological polar surface area (TPSA) is 36.9 Å². The fourth-order valence-corrected chi connectivity index (χ4v) is 7.49. The van der Waals surface area contributed by atoms with Gasteiger partial charge in [0.15, 0.2) is 0 Å². The summed E-state index contributed by atoms with van der Waals surface area (Å²) < 4.78 is 23.0. The Morgan fingerprint density at radius 1 is 0.636 bits per heavy atom. The van der Waals surface area contributed by atoms with E-state index in [1.165, 1.54) is 0 Å². The third-order valence-electron chi connectivity index (χ3n) is 4.18. The van der Waals surface area contributed by atoms with E-state index >= 15 is 0 Å². The molecule has 0 spiro atoms. The molecule has 22 heavy (non-hydrogen) atoms. The van der Waals surface area contributed by atoms with Crippen molar-refractivity contribution in [3.63, 3.8) is 0 Å². The van der Waals surface area contributed by atoms with Gasteiger partial charge in [0.25, 0.3) is 0 Å². The molecule has 0 aromatic rings. The normalized spacial score (nSPS) is 13.5. The van der Waals surface area contributed by atoms with Gasteiger partial charge in [-0.25, -0.2) is 0 Å². The first kappa shape index (κ1) is 21.8. The van der Waals surface area contributed by atoms with Gasteiger partial charge in [0.2, 0.25) is 0 Å². The summed E-state index contributed by atoms with van der Waals surface area (Å²) in [7, 11) is 2.94. The van der Waals surface area contributed by atoms with Crippen LogP contribution >= 0.6 is 0 Å². The highest BCUT2D eigenvalue weighted by molar-refractivity contribution is 6.68. The predicted octanol–water partition coefficient (Wildman–Crippen LogP) is 4.39. The predicted molar refractivity (Wildman–Crippen MR) is 97.6 cm³/mol. The van der Waals surface area contributed by atoms with E-state index in [9.17, 15) is 0 Å². The zero-order valence-electron chi connectivity index (χ0n) is 15.2. The van der Waals surface area contributed by atoms with Crippen molar-refractivity contribution in [1.29, 1.82) is 0 Å². The molecule has 0 unspecified atom stereocenters. The minimum Gasteiger partial charge on any atom is -0.397 e. The Morgan fingerprint density at radius 3 is 1.18 bits per heavy atom. The molecule has 0 saturated heterocycles. The van der Waals surface area contributed by atoms with Crippen molar-refractivity contribution in [2.75, 3.05) is 28.4 Å². The highest BCUT2D eigenvalue weighted by Gasteiger charge is 2.36. The molecule has 6 heteroatoms. The quantitative estimate of drug-likeness (QED) is 0.281. The Kier molecular flexibility index (Phi) is 12.1. The Morgan fingerprint density at radius 2 is 0.955 bits per heavy atom. The second kappa shape index (κ2) is 12.2. The van der Waals surface area contributed by atoms with E-state index in [1.807, 2.05) is 13.8 Å². The van der Waals surface area contributed by atoms with Crippen LogP contribution in [-0.4, -0.2) is 45.6 Å². The van der Waals surface area contributed by atoms with Gasteiger partial charge >= 0.3 is 17.1 Å². The summed E-state index contributed by atoms with van der Waals surface area (Å²) >= 11 is 0. The average molecular weight is 347 g/mol. The van der Waals surface area contributed by atoms with Crippen molar-refractivity contribution in [2.45, 2.75) is 50.9 Å². The number of hydrogen-bond acceptors (Lipinski definition) is 4. The zero-order chi connectivity index (χ0) is 16.9. The summed E-state index contributed by atoms with van der Waals surface area (Å²) in [5, 5.41) is 0. The molecule has 0 aromatic carbocycles. The van der Waals surface area contributed by atoms with E-state index in [2.05, 4.69) is 24.3 Å². The molecule has 130 valence electrons. The maximum absolute atomic E-state index is 5.74. The maximum Gasteiger partial charge on any atom is 0.341 e. The molecule has 0 rings (SSSR count). The van der Waals surface area contributed by atoms with Crippen LogP contribution in [0.1, 0.15) is 26.7 Å². The van der Waals surface area contributed by atoms with Crippen LogP contribution in [0.3, 0.4) is 0 Å². The number of unbranched alkanes of at least 4 members (excludes halogenated alkanes) is 1. The Hall–Kier alpha value is -0.246. The lowest BCUT2D eigenvalue weighted by atomic mass is 10.4. The van der Waals surface area contributed by atoms with E-state index < -0.39 is 17.1 Å². The zero-order valence-corrected chi connectivity index (χ0v) is 17.2. The standard InChI is InChI=1S/C16H34O4Si2/c1-7-9-13-21(17-3,18-4)15-11-12-16-22(19-5,20-6)14-10-8-2/h7-10H,11-16H2,1-6H3. The van der Waals surface area contributed by atoms with Crippen LogP contribution in [0, 0.1) is 0 Å². The Bertz CT molecular complexity index is 292. The van der Waals surface area contributed by atoms with Gasteiger partial charge in [-0.1, -0.05) is 37.1 Å². The summed E-state index contributed by atoms with van der Waals surface area (Å²) in [6, 6.07) is 3.83. The molecule has 0 aromatic heterocycles. The molecule has 0 atom stereocenters. The number of rotatable bonds is 13. The van der Waals surface area contributed by atoms with Crippen LogP contribution < -0.4 is 0 Å². The van der Waals surface area contributed by atoms with Crippen molar-refractivity contribution >= 4 is 17.1 Å². The largest absolute Gasteiger partial charge is 0.397 e. The monoisotopic (exact) mass is 346 g/mol. The smallest absolute Gasteiger partial charge is 0.341 e. The molecule has 0 aliphatic carbocycles. The van der Waals surface area contributed by atoms with Gasteiger partial charge in [-0.2, -0.15) is 0 Å².